The SMILES string of the molecule is CC1(C)O[C@@H]2CC3C4C=CC5=Cc6c(cnn6-c6ccc(F)cc6)CC5(C)[C@@]4(F)C(O)CC3(C)[C@]2(C(=O)COP(=O)(O)O)O1. The van der Waals surface area contributed by atoms with Crippen molar-refractivity contribution in [3.8, 4) is 5.69 Å². The zero-order chi connectivity index (χ0) is 31.7. The van der Waals surface area contributed by atoms with E-state index in [1.165, 1.54) is 12.1 Å². The van der Waals surface area contributed by atoms with Gasteiger partial charge in [-0.25, -0.2) is 18.0 Å². The number of hydrogen-bond donors (Lipinski definition) is 3. The quantitative estimate of drug-likeness (QED) is 0.414. The Morgan fingerprint density at radius 2 is 1.91 bits per heavy atom. The fourth-order valence-electron chi connectivity index (χ4n) is 9.15. The number of halogens is 2. The predicted octanol–water partition coefficient (Wildman–Crippen LogP) is 4.21. The summed E-state index contributed by atoms with van der Waals surface area (Å²) in [6.07, 6.45) is 5.13. The van der Waals surface area contributed by atoms with E-state index in [1.807, 2.05) is 12.2 Å². The normalized spacial score (nSPS) is 40.0. The van der Waals surface area contributed by atoms with Gasteiger partial charge in [-0.3, -0.25) is 9.32 Å². The number of phosphoric acid groups is 1. The number of nitrogens with zero attached hydrogens (tertiary/aromatic N) is 2. The molecule has 236 valence electrons. The number of carbonyl (C=O) groups is 1. The number of Topliss-reactive ketones (excluding diaryl/α,β-unsaturated/α-hetero) is 1. The summed E-state index contributed by atoms with van der Waals surface area (Å²) in [5, 5.41) is 16.4. The van der Waals surface area contributed by atoms with Crippen molar-refractivity contribution in [2.24, 2.45) is 22.7 Å². The molecule has 0 bridgehead atoms. The molecule has 3 N–H and O–H groups in total. The van der Waals surface area contributed by atoms with Crippen molar-refractivity contribution in [1.82, 2.24) is 9.78 Å². The summed E-state index contributed by atoms with van der Waals surface area (Å²) in [7, 11) is -4.98. The van der Waals surface area contributed by atoms with E-state index >= 15 is 4.39 Å². The van der Waals surface area contributed by atoms with Crippen molar-refractivity contribution in [2.75, 3.05) is 6.61 Å². The fraction of sp³-hybridized carbons (Fsp3) is 0.548. The molecule has 3 fully saturated rings. The average Bonchev–Trinajstić information content (AvgIpc) is 3.53. The molecule has 2 saturated carbocycles. The molecule has 10 nitrogen and oxygen atoms in total. The second-order valence-electron chi connectivity index (χ2n) is 13.7. The standard InChI is InChI=1S/C31H35F2N2O8P/c1-27(2)42-26-12-22-21-10-5-18-11-23-17(15-34-35(23)20-8-6-19(32)7-9-20)13-28(18,3)30(21,33)24(36)14-29(22,4)31(26,43-27)25(37)16-41-44(38,39)40/h5-11,15,21-22,24,26,36H,12-14,16H2,1-4H3,(H2,38,39,40)/t21?,22?,24?,26-,28?,29?,30+,31-/m1/s1. The van der Waals surface area contributed by atoms with Crippen LogP contribution in [0.4, 0.5) is 8.78 Å². The number of phosphoric ester groups is 1. The highest BCUT2D eigenvalue weighted by Gasteiger charge is 2.80. The van der Waals surface area contributed by atoms with Crippen LogP contribution in [0, 0.1) is 28.5 Å². The Labute approximate surface area is 252 Å². The van der Waals surface area contributed by atoms with Gasteiger partial charge in [-0.2, -0.15) is 5.10 Å². The second kappa shape index (κ2) is 9.25. The maximum Gasteiger partial charge on any atom is 0.470 e. The lowest BCUT2D eigenvalue weighted by Crippen LogP contribution is -2.69. The van der Waals surface area contributed by atoms with Gasteiger partial charge in [-0.1, -0.05) is 26.0 Å². The Morgan fingerprint density at radius 1 is 1.20 bits per heavy atom. The molecule has 13 heteroatoms. The summed E-state index contributed by atoms with van der Waals surface area (Å²) < 4.78 is 62.0. The highest BCUT2D eigenvalue weighted by molar-refractivity contribution is 7.46. The lowest BCUT2D eigenvalue weighted by molar-refractivity contribution is -0.240. The van der Waals surface area contributed by atoms with Crippen LogP contribution < -0.4 is 0 Å². The number of ether oxygens (including phenoxy) is 2. The van der Waals surface area contributed by atoms with Crippen molar-refractivity contribution >= 4 is 19.7 Å². The van der Waals surface area contributed by atoms with Crippen LogP contribution in [0.25, 0.3) is 11.8 Å². The number of aliphatic hydroxyl groups excluding tert-OH is 1. The number of aromatic nitrogens is 2. The third-order valence-electron chi connectivity index (χ3n) is 11.0. The van der Waals surface area contributed by atoms with Gasteiger partial charge in [0.2, 0.25) is 0 Å². The van der Waals surface area contributed by atoms with Crippen molar-refractivity contribution < 1.29 is 47.0 Å². The Kier molecular flexibility index (Phi) is 6.33. The maximum atomic E-state index is 18.1. The number of hydrogen-bond acceptors (Lipinski definition) is 7. The van der Waals surface area contributed by atoms with Gasteiger partial charge >= 0.3 is 7.82 Å². The highest BCUT2D eigenvalue weighted by atomic mass is 31.2. The molecule has 0 amide bonds. The number of allylic oxidation sites excluding steroid dienone is 3. The lowest BCUT2D eigenvalue weighted by Gasteiger charge is -2.62. The monoisotopic (exact) mass is 632 g/mol. The Hall–Kier alpha value is -2.57. The molecule has 8 atom stereocenters. The van der Waals surface area contributed by atoms with E-state index in [9.17, 15) is 28.6 Å². The van der Waals surface area contributed by atoms with Gasteiger partial charge in [0.1, 0.15) is 12.4 Å². The molecule has 1 aromatic heterocycles. The molecule has 1 saturated heterocycles. The average molecular weight is 633 g/mol. The molecule has 7 rings (SSSR count). The molecule has 0 radical (unpaired) electrons. The van der Waals surface area contributed by atoms with Crippen LogP contribution in [0.1, 0.15) is 51.8 Å². The first-order chi connectivity index (χ1) is 20.5. The summed E-state index contributed by atoms with van der Waals surface area (Å²) in [6.45, 7) is 5.94. The van der Waals surface area contributed by atoms with Gasteiger partial charge in [-0.05, 0) is 80.5 Å². The number of fused-ring (bicyclic) bond motifs is 8. The smallest absolute Gasteiger partial charge is 0.390 e. The minimum Gasteiger partial charge on any atom is -0.390 e. The first-order valence-electron chi connectivity index (χ1n) is 14.7. The van der Waals surface area contributed by atoms with Crippen LogP contribution in [0.2, 0.25) is 0 Å². The summed E-state index contributed by atoms with van der Waals surface area (Å²) in [6, 6.07) is 5.94. The van der Waals surface area contributed by atoms with Crippen molar-refractivity contribution in [1.29, 1.82) is 0 Å². The molecule has 1 aromatic carbocycles. The van der Waals surface area contributed by atoms with Crippen LogP contribution in [0.5, 0.6) is 0 Å². The summed E-state index contributed by atoms with van der Waals surface area (Å²) in [5.74, 6) is -3.65. The summed E-state index contributed by atoms with van der Waals surface area (Å²) in [4.78, 5) is 32.5. The van der Waals surface area contributed by atoms with E-state index in [0.29, 0.717) is 11.3 Å². The second-order valence-corrected chi connectivity index (χ2v) is 15.0. The molecular formula is C31H35F2N2O8P. The minimum absolute atomic E-state index is 0.152. The number of rotatable bonds is 5. The topological polar surface area (TPSA) is 140 Å². The largest absolute Gasteiger partial charge is 0.470 e. The maximum absolute atomic E-state index is 18.1. The third-order valence-corrected chi connectivity index (χ3v) is 11.4. The van der Waals surface area contributed by atoms with Crippen LogP contribution in [0.15, 0.2) is 48.2 Å². The van der Waals surface area contributed by atoms with Gasteiger partial charge in [-0.15, -0.1) is 0 Å². The summed E-state index contributed by atoms with van der Waals surface area (Å²) in [5.41, 5.74) is -3.31. The molecule has 4 aliphatic carbocycles. The molecule has 2 heterocycles. The number of alkyl halides is 1. The van der Waals surface area contributed by atoms with E-state index in [1.54, 1.807) is 56.8 Å². The zero-order valence-corrected chi connectivity index (χ0v) is 25.6. The van der Waals surface area contributed by atoms with Gasteiger partial charge in [0.15, 0.2) is 22.8 Å². The van der Waals surface area contributed by atoms with E-state index < -0.39 is 72.1 Å². The highest BCUT2D eigenvalue weighted by Crippen LogP contribution is 2.71. The third kappa shape index (κ3) is 3.89. The molecule has 5 unspecified atom stereocenters. The van der Waals surface area contributed by atoms with Gasteiger partial charge < -0.3 is 24.4 Å². The Bertz CT molecular complexity index is 1670. The van der Waals surface area contributed by atoms with Crippen molar-refractivity contribution in [2.45, 2.75) is 76.2 Å². The number of benzene rings is 1. The van der Waals surface area contributed by atoms with Crippen molar-refractivity contribution in [3.63, 3.8) is 0 Å². The van der Waals surface area contributed by atoms with Crippen LogP contribution in [-0.4, -0.2) is 66.3 Å². The first kappa shape index (κ1) is 30.1. The van der Waals surface area contributed by atoms with Gasteiger partial charge in [0.25, 0.3) is 0 Å². The van der Waals surface area contributed by atoms with E-state index in [4.69, 9.17) is 9.47 Å². The molecular weight excluding hydrogens is 597 g/mol. The molecule has 44 heavy (non-hydrogen) atoms. The first-order valence-corrected chi connectivity index (χ1v) is 16.2. The molecule has 1 aliphatic heterocycles. The Balaban J connectivity index is 1.30. The van der Waals surface area contributed by atoms with Crippen molar-refractivity contribution in [3.05, 3.63) is 65.3 Å². The van der Waals surface area contributed by atoms with Crippen LogP contribution in [0.3, 0.4) is 0 Å². The Morgan fingerprint density at radius 3 is 2.59 bits per heavy atom. The zero-order valence-electron chi connectivity index (χ0n) is 24.7. The van der Waals surface area contributed by atoms with Crippen LogP contribution in [-0.2, 0) is 29.8 Å². The van der Waals surface area contributed by atoms with E-state index in [-0.39, 0.29) is 25.1 Å². The van der Waals surface area contributed by atoms with Gasteiger partial charge in [0, 0.05) is 16.7 Å². The van der Waals surface area contributed by atoms with E-state index in [0.717, 1.165) is 11.3 Å². The fourth-order valence-corrected chi connectivity index (χ4v) is 9.43. The number of carbonyl (C=O) groups excluding carboxylic acids is 1. The molecule has 2 aromatic rings. The number of aliphatic hydroxyl groups is 1. The lowest BCUT2D eigenvalue weighted by atomic mass is 9.45. The number of ketones is 1. The van der Waals surface area contributed by atoms with E-state index in [2.05, 4.69) is 9.62 Å². The molecule has 0 spiro atoms. The predicted molar refractivity (Wildman–Crippen MR) is 152 cm³/mol. The van der Waals surface area contributed by atoms with Crippen LogP contribution >= 0.6 is 7.82 Å². The van der Waals surface area contributed by atoms with Gasteiger partial charge in [0.05, 0.1) is 29.8 Å². The minimum atomic E-state index is -4.98. The summed E-state index contributed by atoms with van der Waals surface area (Å²) >= 11 is 0. The molecule has 5 aliphatic rings.